The van der Waals surface area contributed by atoms with Crippen LogP contribution in [0.5, 0.6) is 17.2 Å². The van der Waals surface area contributed by atoms with Crippen molar-refractivity contribution in [2.45, 2.75) is 64.2 Å². The number of carbonyl (C=O) groups is 3. The monoisotopic (exact) mass is 679 g/mol. The first-order valence-electron chi connectivity index (χ1n) is 16.5. The summed E-state index contributed by atoms with van der Waals surface area (Å²) in [6.07, 6.45) is 6.37. The number of likely N-dealkylation sites (tertiary alicyclic amines) is 1. The molecule has 3 aliphatic rings. The van der Waals surface area contributed by atoms with Crippen molar-refractivity contribution in [2.24, 2.45) is 18.9 Å². The first-order chi connectivity index (χ1) is 23.3. The average molecular weight is 680 g/mol. The quantitative estimate of drug-likeness (QED) is 0.266. The van der Waals surface area contributed by atoms with Crippen LogP contribution in [0.4, 0.5) is 0 Å². The number of carbonyl (C=O) groups excluding carboxylic acids is 3. The number of esters is 1. The number of aryl methyl sites for hydroxylation is 1. The number of benzene rings is 2. The Bertz CT molecular complexity index is 1660. The maximum absolute atomic E-state index is 14.7. The molecule has 0 bridgehead atoms. The molecular formula is C35H42ClN5O7. The molecule has 1 aliphatic carbocycles. The number of methoxy groups -OCH3 is 2. The van der Waals surface area contributed by atoms with Crippen LogP contribution in [0.15, 0.2) is 36.5 Å². The molecule has 6 rings (SSSR count). The Kier molecular flexibility index (Phi) is 10.4. The van der Waals surface area contributed by atoms with Crippen LogP contribution in [-0.4, -0.2) is 76.4 Å². The molecule has 2 fully saturated rings. The molecule has 13 heteroatoms. The summed E-state index contributed by atoms with van der Waals surface area (Å²) in [7, 11) is 4.92. The molecule has 1 saturated heterocycles. The maximum Gasteiger partial charge on any atom is 0.310 e. The molecule has 3 heterocycles. The third-order valence-corrected chi connectivity index (χ3v) is 10.0. The number of fused-ring (bicyclic) bond motifs is 1. The van der Waals surface area contributed by atoms with Crippen molar-refractivity contribution in [1.29, 1.82) is 0 Å². The number of hydrogen-bond acceptors (Lipinski definition) is 9. The molecule has 256 valence electrons. The Morgan fingerprint density at radius 2 is 1.77 bits per heavy atom. The zero-order valence-electron chi connectivity index (χ0n) is 27.7. The summed E-state index contributed by atoms with van der Waals surface area (Å²) in [6, 6.07) is 8.47. The standard InChI is InChI=1S/C35H42ClN5O7/c1-39-18-23(37-38-39)21-47-30-13-12-28(36)27-14-16-41(29(33(27)30)19-40-15-6-9-32(40)42)34(43)25-7-4-5-8-26(25)35(44)48-20-22-10-11-24(45-2)17-31(22)46-3/h10-13,17-18,25-26,29H,4-9,14-16,19-21H2,1-3H3/t25-,26+,29-/m1/s1. The second-order valence-electron chi connectivity index (χ2n) is 12.6. The Labute approximate surface area is 285 Å². The van der Waals surface area contributed by atoms with Gasteiger partial charge in [-0.2, -0.15) is 0 Å². The number of aromatic nitrogens is 3. The predicted octanol–water partition coefficient (Wildman–Crippen LogP) is 4.66. The fourth-order valence-corrected chi connectivity index (χ4v) is 7.49. The van der Waals surface area contributed by atoms with Crippen molar-refractivity contribution in [3.63, 3.8) is 0 Å². The lowest BCUT2D eigenvalue weighted by Crippen LogP contribution is -2.50. The molecule has 48 heavy (non-hydrogen) atoms. The molecule has 0 unspecified atom stereocenters. The maximum atomic E-state index is 14.7. The van der Waals surface area contributed by atoms with Gasteiger partial charge in [0.25, 0.3) is 0 Å². The summed E-state index contributed by atoms with van der Waals surface area (Å²) < 4.78 is 24.5. The lowest BCUT2D eigenvalue weighted by molar-refractivity contribution is -0.159. The van der Waals surface area contributed by atoms with Gasteiger partial charge in [-0.15, -0.1) is 5.10 Å². The van der Waals surface area contributed by atoms with Gasteiger partial charge in [-0.3, -0.25) is 19.1 Å². The van der Waals surface area contributed by atoms with Gasteiger partial charge in [-0.25, -0.2) is 0 Å². The van der Waals surface area contributed by atoms with E-state index in [1.54, 1.807) is 50.3 Å². The molecule has 2 aliphatic heterocycles. The minimum Gasteiger partial charge on any atom is -0.497 e. The molecular weight excluding hydrogens is 638 g/mol. The lowest BCUT2D eigenvalue weighted by atomic mass is 9.77. The Morgan fingerprint density at radius 3 is 2.48 bits per heavy atom. The fourth-order valence-electron chi connectivity index (χ4n) is 7.23. The minimum absolute atomic E-state index is 0.0190. The second kappa shape index (κ2) is 14.8. The van der Waals surface area contributed by atoms with Gasteiger partial charge < -0.3 is 28.7 Å². The van der Waals surface area contributed by atoms with Gasteiger partial charge in [0.1, 0.15) is 36.2 Å². The number of ether oxygens (including phenoxy) is 4. The molecule has 0 spiro atoms. The van der Waals surface area contributed by atoms with Crippen LogP contribution < -0.4 is 14.2 Å². The Hall–Kier alpha value is -4.32. The first kappa shape index (κ1) is 33.6. The van der Waals surface area contributed by atoms with E-state index in [0.29, 0.717) is 78.8 Å². The predicted molar refractivity (Wildman–Crippen MR) is 176 cm³/mol. The van der Waals surface area contributed by atoms with Crippen molar-refractivity contribution < 1.29 is 33.3 Å². The summed E-state index contributed by atoms with van der Waals surface area (Å²) in [6.45, 7) is 1.55. The SMILES string of the molecule is COc1ccc(COC(=O)[C@H]2CCCC[C@H]2C(=O)N2CCc3c(Cl)ccc(OCc4cn(C)nn4)c3[C@H]2CN2CCCC2=O)c(OC)c1. The van der Waals surface area contributed by atoms with Crippen LogP contribution in [0, 0.1) is 11.8 Å². The fraction of sp³-hybridized carbons (Fsp3) is 0.514. The number of amides is 2. The number of rotatable bonds is 11. The van der Waals surface area contributed by atoms with E-state index >= 15 is 0 Å². The van der Waals surface area contributed by atoms with Gasteiger partial charge in [0.15, 0.2) is 0 Å². The highest BCUT2D eigenvalue weighted by Crippen LogP contribution is 2.43. The van der Waals surface area contributed by atoms with Crippen molar-refractivity contribution >= 4 is 29.4 Å². The Balaban J connectivity index is 1.26. The summed E-state index contributed by atoms with van der Waals surface area (Å²) >= 11 is 6.77. The van der Waals surface area contributed by atoms with E-state index in [-0.39, 0.29) is 25.0 Å². The highest BCUT2D eigenvalue weighted by molar-refractivity contribution is 6.31. The molecule has 1 aromatic heterocycles. The molecule has 1 saturated carbocycles. The second-order valence-corrected chi connectivity index (χ2v) is 13.0. The van der Waals surface area contributed by atoms with Crippen LogP contribution >= 0.6 is 11.6 Å². The van der Waals surface area contributed by atoms with E-state index in [0.717, 1.165) is 30.4 Å². The molecule has 2 amide bonds. The number of nitrogens with zero attached hydrogens (tertiary/aromatic N) is 5. The van der Waals surface area contributed by atoms with E-state index in [9.17, 15) is 14.4 Å². The smallest absolute Gasteiger partial charge is 0.310 e. The number of hydrogen-bond donors (Lipinski definition) is 0. The van der Waals surface area contributed by atoms with Gasteiger partial charge >= 0.3 is 5.97 Å². The van der Waals surface area contributed by atoms with Crippen molar-refractivity contribution in [1.82, 2.24) is 24.8 Å². The summed E-state index contributed by atoms with van der Waals surface area (Å²) in [5.74, 6) is 0.195. The molecule has 0 radical (unpaired) electrons. The highest BCUT2D eigenvalue weighted by atomic mass is 35.5. The summed E-state index contributed by atoms with van der Waals surface area (Å²) in [4.78, 5) is 44.9. The summed E-state index contributed by atoms with van der Waals surface area (Å²) in [5.41, 5.74) is 3.07. The zero-order chi connectivity index (χ0) is 33.8. The van der Waals surface area contributed by atoms with E-state index in [1.807, 2.05) is 21.9 Å². The van der Waals surface area contributed by atoms with E-state index in [1.165, 1.54) is 0 Å². The van der Waals surface area contributed by atoms with Gasteiger partial charge in [-0.05, 0) is 55.5 Å². The normalized spacial score (nSPS) is 20.8. The van der Waals surface area contributed by atoms with Crippen molar-refractivity contribution in [2.75, 3.05) is 33.9 Å². The van der Waals surface area contributed by atoms with Gasteiger partial charge in [0.2, 0.25) is 11.8 Å². The first-order valence-corrected chi connectivity index (χ1v) is 16.9. The van der Waals surface area contributed by atoms with Crippen LogP contribution in [-0.2, 0) is 45.8 Å². The van der Waals surface area contributed by atoms with Crippen LogP contribution in [0.1, 0.15) is 67.0 Å². The molecule has 2 aromatic carbocycles. The summed E-state index contributed by atoms with van der Waals surface area (Å²) in [5, 5.41) is 8.73. The zero-order valence-corrected chi connectivity index (χ0v) is 28.4. The van der Waals surface area contributed by atoms with Crippen LogP contribution in [0.3, 0.4) is 0 Å². The lowest BCUT2D eigenvalue weighted by Gasteiger charge is -2.43. The highest BCUT2D eigenvalue weighted by Gasteiger charge is 2.44. The molecule has 0 N–H and O–H groups in total. The van der Waals surface area contributed by atoms with Crippen LogP contribution in [0.2, 0.25) is 5.02 Å². The number of halogens is 1. The van der Waals surface area contributed by atoms with E-state index in [4.69, 9.17) is 30.5 Å². The Morgan fingerprint density at radius 1 is 0.958 bits per heavy atom. The largest absolute Gasteiger partial charge is 0.497 e. The molecule has 3 atom stereocenters. The van der Waals surface area contributed by atoms with Gasteiger partial charge in [0, 0.05) is 55.3 Å². The third-order valence-electron chi connectivity index (χ3n) is 9.70. The van der Waals surface area contributed by atoms with Crippen LogP contribution in [0.25, 0.3) is 0 Å². The topological polar surface area (TPSA) is 125 Å². The van der Waals surface area contributed by atoms with E-state index in [2.05, 4.69) is 10.3 Å². The van der Waals surface area contributed by atoms with Crippen molar-refractivity contribution in [3.8, 4) is 17.2 Å². The average Bonchev–Trinajstić information content (AvgIpc) is 3.73. The third kappa shape index (κ3) is 7.08. The van der Waals surface area contributed by atoms with Gasteiger partial charge in [0.05, 0.1) is 38.3 Å². The van der Waals surface area contributed by atoms with Crippen molar-refractivity contribution in [3.05, 3.63) is 63.9 Å². The van der Waals surface area contributed by atoms with E-state index < -0.39 is 23.8 Å². The molecule has 3 aromatic rings. The molecule has 12 nitrogen and oxygen atoms in total. The van der Waals surface area contributed by atoms with Gasteiger partial charge in [-0.1, -0.05) is 29.7 Å². The minimum atomic E-state index is -0.585.